The number of amides is 7. The second-order valence-electron chi connectivity index (χ2n) is 14.7. The molecule has 8 atom stereocenters. The van der Waals surface area contributed by atoms with Gasteiger partial charge in [-0.25, -0.2) is 4.79 Å². The lowest BCUT2D eigenvalue weighted by molar-refractivity contribution is -0.143. The van der Waals surface area contributed by atoms with Gasteiger partial charge in [-0.1, -0.05) is 18.2 Å². The van der Waals surface area contributed by atoms with Gasteiger partial charge in [0.05, 0.1) is 19.3 Å². The van der Waals surface area contributed by atoms with E-state index in [0.717, 1.165) is 6.42 Å². The van der Waals surface area contributed by atoms with Crippen LogP contribution in [0.5, 0.6) is 0 Å². The van der Waals surface area contributed by atoms with Gasteiger partial charge in [0.15, 0.2) is 0 Å². The molecule has 22 nitrogen and oxygen atoms in total. The van der Waals surface area contributed by atoms with Crippen LogP contribution in [0, 0.1) is 0 Å². The Labute approximate surface area is 343 Å². The molecule has 2 aromatic rings. The third-order valence-corrected chi connectivity index (χ3v) is 10.3. The summed E-state index contributed by atoms with van der Waals surface area (Å²) in [5, 5.41) is 56.9. The van der Waals surface area contributed by atoms with Crippen LogP contribution in [0.1, 0.15) is 57.9 Å². The maximum absolute atomic E-state index is 13.5. The van der Waals surface area contributed by atoms with Crippen LogP contribution in [0.15, 0.2) is 30.5 Å². The van der Waals surface area contributed by atoms with E-state index >= 15 is 0 Å². The maximum Gasteiger partial charge on any atom is 0.326 e. The number of aliphatic carboxylic acids is 2. The number of H-pyrrole nitrogens is 1. The maximum atomic E-state index is 13.5. The Morgan fingerprint density at radius 2 is 1.37 bits per heavy atom. The van der Waals surface area contributed by atoms with Crippen LogP contribution in [0.2, 0.25) is 0 Å². The highest BCUT2D eigenvalue weighted by Crippen LogP contribution is 2.21. The number of hydrogen-bond acceptors (Lipinski definition) is 12. The molecule has 0 saturated carbocycles. The van der Waals surface area contributed by atoms with Crippen molar-refractivity contribution in [3.8, 4) is 0 Å². The summed E-state index contributed by atoms with van der Waals surface area (Å²) >= 11 is 0. The molecule has 2 fully saturated rings. The third kappa shape index (κ3) is 12.4. The molecule has 328 valence electrons. The van der Waals surface area contributed by atoms with Gasteiger partial charge in [-0.3, -0.25) is 38.4 Å². The summed E-state index contributed by atoms with van der Waals surface area (Å²) in [6.45, 7) is 1.73. The van der Waals surface area contributed by atoms with E-state index in [2.05, 4.69) is 42.2 Å². The average molecular weight is 844 g/mol. The van der Waals surface area contributed by atoms with Crippen LogP contribution >= 0.6 is 0 Å². The van der Waals surface area contributed by atoms with Gasteiger partial charge in [0, 0.05) is 36.5 Å². The van der Waals surface area contributed by atoms with Gasteiger partial charge in [0.1, 0.15) is 42.3 Å². The molecule has 0 aliphatic carbocycles. The normalized spacial score (nSPS) is 19.2. The average Bonchev–Trinajstić information content (AvgIpc) is 4.02. The molecule has 2 saturated heterocycles. The second kappa shape index (κ2) is 21.8. The molecule has 22 heteroatoms. The number of hydrogen-bond donors (Lipinski definition) is 12. The standard InChI is InChI=1S/C38H53N9O13/c1-19(41-32(53)24-9-5-13-39-24)31(52)42-20(2)37(58)47-14-6-10-29(47)36(57)46-28(18-49)35(56)45-27(17-48)34(55)44-26(15-21-16-40-23-8-4-3-7-22(21)23)33(54)43-25(38(59)60)11-12-30(50)51/h3-4,7-8,16,19-20,24-29,39-40,48-49H,5-6,9-15,17-18H2,1-2H3,(H,41,53)(H,42,52)(H,43,54)(H,44,55)(H,45,56)(H,46,57)(H,50,51)(H,59,60)/t19-,20-,24-,25-,26-,27-,28-,29-/m0/s1. The number of aliphatic hydroxyl groups is 2. The van der Waals surface area contributed by atoms with E-state index in [1.54, 1.807) is 30.5 Å². The zero-order valence-electron chi connectivity index (χ0n) is 33.2. The molecule has 60 heavy (non-hydrogen) atoms. The summed E-state index contributed by atoms with van der Waals surface area (Å²) in [4.78, 5) is 119. The molecular weight excluding hydrogens is 790 g/mol. The van der Waals surface area contributed by atoms with Gasteiger partial charge >= 0.3 is 11.9 Å². The smallest absolute Gasteiger partial charge is 0.326 e. The summed E-state index contributed by atoms with van der Waals surface area (Å²) in [7, 11) is 0. The molecular formula is C38H53N9O13. The highest BCUT2D eigenvalue weighted by Gasteiger charge is 2.39. The topological polar surface area (TPSA) is 338 Å². The van der Waals surface area contributed by atoms with Crippen molar-refractivity contribution < 1.29 is 63.6 Å². The van der Waals surface area contributed by atoms with E-state index < -0.39 is 122 Å². The van der Waals surface area contributed by atoms with E-state index in [1.807, 2.05) is 0 Å². The molecule has 0 spiro atoms. The Balaban J connectivity index is 1.38. The minimum atomic E-state index is -1.75. The number of carboxylic acid groups (broad SMARTS) is 2. The first kappa shape index (κ1) is 46.6. The summed E-state index contributed by atoms with van der Waals surface area (Å²) in [5.41, 5.74) is 1.22. The number of nitrogens with one attached hydrogen (secondary N) is 8. The Bertz CT molecular complexity index is 1920. The van der Waals surface area contributed by atoms with Gasteiger partial charge in [-0.15, -0.1) is 0 Å². The van der Waals surface area contributed by atoms with Crippen molar-refractivity contribution in [2.45, 2.75) is 107 Å². The Morgan fingerprint density at radius 3 is 2.00 bits per heavy atom. The molecule has 0 radical (unpaired) electrons. The van der Waals surface area contributed by atoms with Crippen LogP contribution < -0.4 is 37.2 Å². The van der Waals surface area contributed by atoms with Crippen LogP contribution in [0.3, 0.4) is 0 Å². The van der Waals surface area contributed by atoms with E-state index in [4.69, 9.17) is 5.11 Å². The number of carbonyl (C=O) groups is 9. The first-order valence-electron chi connectivity index (χ1n) is 19.6. The number of aromatic nitrogens is 1. The predicted molar refractivity (Wildman–Crippen MR) is 209 cm³/mol. The molecule has 7 amide bonds. The second-order valence-corrected chi connectivity index (χ2v) is 14.7. The van der Waals surface area contributed by atoms with Crippen LogP contribution in [0.4, 0.5) is 0 Å². The van der Waals surface area contributed by atoms with Crippen LogP contribution in [0.25, 0.3) is 10.9 Å². The third-order valence-electron chi connectivity index (χ3n) is 10.3. The molecule has 4 rings (SSSR count). The Morgan fingerprint density at radius 1 is 0.733 bits per heavy atom. The molecule has 0 unspecified atom stereocenters. The Kier molecular flexibility index (Phi) is 16.9. The molecule has 1 aromatic heterocycles. The summed E-state index contributed by atoms with van der Waals surface area (Å²) in [6, 6.07) is -3.13. The van der Waals surface area contributed by atoms with E-state index in [1.165, 1.54) is 18.7 Å². The first-order valence-corrected chi connectivity index (χ1v) is 19.6. The molecule has 1 aromatic carbocycles. The lowest BCUT2D eigenvalue weighted by atomic mass is 10.0. The summed E-state index contributed by atoms with van der Waals surface area (Å²) in [6.07, 6.45) is 2.36. The fourth-order valence-corrected chi connectivity index (χ4v) is 6.97. The zero-order valence-corrected chi connectivity index (χ0v) is 33.2. The lowest BCUT2D eigenvalue weighted by Gasteiger charge is -2.29. The fourth-order valence-electron chi connectivity index (χ4n) is 6.97. The number of benzene rings is 1. The highest BCUT2D eigenvalue weighted by molar-refractivity contribution is 5.98. The van der Waals surface area contributed by atoms with E-state index in [0.29, 0.717) is 35.9 Å². The monoisotopic (exact) mass is 843 g/mol. The molecule has 0 bridgehead atoms. The van der Waals surface area contributed by atoms with Gasteiger partial charge in [0.25, 0.3) is 0 Å². The summed E-state index contributed by atoms with van der Waals surface area (Å²) < 4.78 is 0. The van der Waals surface area contributed by atoms with Gasteiger partial charge < -0.3 is 67.5 Å². The quantitative estimate of drug-likeness (QED) is 0.0577. The number of aliphatic hydroxyl groups excluding tert-OH is 2. The predicted octanol–water partition coefficient (Wildman–Crippen LogP) is -3.66. The van der Waals surface area contributed by atoms with Gasteiger partial charge in [-0.05, 0) is 64.1 Å². The van der Waals surface area contributed by atoms with Gasteiger partial charge in [0.2, 0.25) is 41.4 Å². The minimum Gasteiger partial charge on any atom is -0.481 e. The Hall–Kier alpha value is -6.13. The number of rotatable bonds is 21. The van der Waals surface area contributed by atoms with E-state index in [9.17, 15) is 58.5 Å². The number of likely N-dealkylation sites (tertiary alicyclic amines) is 1. The summed E-state index contributed by atoms with van der Waals surface area (Å²) in [5.74, 6) is -8.42. The number of para-hydroxylation sites is 1. The number of aromatic amines is 1. The first-order chi connectivity index (χ1) is 28.5. The minimum absolute atomic E-state index is 0.138. The highest BCUT2D eigenvalue weighted by atomic mass is 16.4. The van der Waals surface area contributed by atoms with Crippen molar-refractivity contribution in [3.05, 3.63) is 36.0 Å². The van der Waals surface area contributed by atoms with Crippen molar-refractivity contribution in [3.63, 3.8) is 0 Å². The van der Waals surface area contributed by atoms with Crippen molar-refractivity contribution >= 4 is 64.2 Å². The van der Waals surface area contributed by atoms with Crippen LogP contribution in [-0.2, 0) is 49.6 Å². The fraction of sp³-hybridized carbons (Fsp3) is 0.553. The van der Waals surface area contributed by atoms with Crippen molar-refractivity contribution in [2.24, 2.45) is 0 Å². The number of carboxylic acids is 2. The van der Waals surface area contributed by atoms with Crippen molar-refractivity contribution in [1.29, 1.82) is 0 Å². The largest absolute Gasteiger partial charge is 0.481 e. The number of fused-ring (bicyclic) bond motifs is 1. The van der Waals surface area contributed by atoms with Crippen molar-refractivity contribution in [1.82, 2.24) is 47.1 Å². The van der Waals surface area contributed by atoms with Gasteiger partial charge in [-0.2, -0.15) is 0 Å². The lowest BCUT2D eigenvalue weighted by Crippen LogP contribution is -2.61. The zero-order chi connectivity index (χ0) is 44.1. The molecule has 2 aliphatic heterocycles. The van der Waals surface area contributed by atoms with E-state index in [-0.39, 0.29) is 25.3 Å². The molecule has 2 aliphatic rings. The van der Waals surface area contributed by atoms with Crippen molar-refractivity contribution in [2.75, 3.05) is 26.3 Å². The van der Waals surface area contributed by atoms with Crippen LogP contribution in [-0.4, -0.2) is 158 Å². The molecule has 3 heterocycles. The SMILES string of the molecule is C[C@H](NC(=O)[C@@H]1CCCN1)C(=O)N[C@@H](C)C(=O)N1CCC[C@H]1C(=O)N[C@@H](CO)C(=O)N[C@@H](CO)C(=O)N[C@@H](Cc1c[nH]c2ccccc12)C(=O)N[C@@H](CCC(=O)O)C(=O)O. The number of nitrogens with zero attached hydrogens (tertiary/aromatic N) is 1. The molecule has 12 N–H and O–H groups in total. The number of carbonyl (C=O) groups excluding carboxylic acids is 7.